The highest BCUT2D eigenvalue weighted by Crippen LogP contribution is 2.55. The Hall–Kier alpha value is -2.10. The van der Waals surface area contributed by atoms with Crippen LogP contribution >= 0.6 is 0 Å². The Balaban J connectivity index is 1.86. The number of hydrogen-bond donors (Lipinski definition) is 0. The zero-order valence-electron chi connectivity index (χ0n) is 13.1. The highest BCUT2D eigenvalue weighted by atomic mass is 16.5. The smallest absolute Gasteiger partial charge is 0.226 e. The Morgan fingerprint density at radius 2 is 2.00 bits per heavy atom. The number of rotatable bonds is 0. The zero-order valence-corrected chi connectivity index (χ0v) is 13.1. The van der Waals surface area contributed by atoms with Crippen LogP contribution in [0.2, 0.25) is 0 Å². The molecule has 4 rings (SSSR count). The van der Waals surface area contributed by atoms with Crippen LogP contribution in [-0.4, -0.2) is 17.9 Å². The van der Waals surface area contributed by atoms with Crippen molar-refractivity contribution in [2.45, 2.75) is 45.8 Å². The van der Waals surface area contributed by atoms with E-state index in [-0.39, 0.29) is 23.0 Å². The summed E-state index contributed by atoms with van der Waals surface area (Å²) in [5.41, 5.74) is 2.62. The minimum atomic E-state index is -0.391. The predicted octanol–water partition coefficient (Wildman–Crippen LogP) is 3.14. The van der Waals surface area contributed by atoms with Gasteiger partial charge in [0.1, 0.15) is 5.76 Å². The summed E-state index contributed by atoms with van der Waals surface area (Å²) in [6.07, 6.45) is 0.910. The first-order chi connectivity index (χ1) is 10.4. The third-order valence-corrected chi connectivity index (χ3v) is 4.86. The molecule has 0 saturated carbocycles. The molecule has 3 aliphatic rings. The maximum Gasteiger partial charge on any atom is 0.226 e. The van der Waals surface area contributed by atoms with Crippen molar-refractivity contribution >= 4 is 17.4 Å². The fourth-order valence-electron chi connectivity index (χ4n) is 4.05. The number of hydrogen-bond acceptors (Lipinski definition) is 3. The topological polar surface area (TPSA) is 46.6 Å². The van der Waals surface area contributed by atoms with Gasteiger partial charge >= 0.3 is 0 Å². The number of nitrogens with zero attached hydrogens (tertiary/aromatic N) is 1. The molecule has 4 heteroatoms. The van der Waals surface area contributed by atoms with Gasteiger partial charge in [-0.25, -0.2) is 0 Å². The SMILES string of the molecule is CC(=O)N1c2ccccc2[C@H]2C3=C(CC(C)(C)CC3=O)O[C@H]21. The van der Waals surface area contributed by atoms with Crippen LogP contribution in [0.15, 0.2) is 35.6 Å². The summed E-state index contributed by atoms with van der Waals surface area (Å²) in [6.45, 7) is 5.72. The van der Waals surface area contributed by atoms with Crippen LogP contribution in [0.1, 0.15) is 45.1 Å². The Kier molecular flexibility index (Phi) is 2.60. The number of ketones is 1. The van der Waals surface area contributed by atoms with Gasteiger partial charge in [-0.15, -0.1) is 0 Å². The van der Waals surface area contributed by atoms with Crippen molar-refractivity contribution in [2.75, 3.05) is 4.90 Å². The van der Waals surface area contributed by atoms with Crippen LogP contribution in [0.5, 0.6) is 0 Å². The van der Waals surface area contributed by atoms with Gasteiger partial charge in [0, 0.05) is 25.3 Å². The number of carbonyl (C=O) groups excluding carboxylic acids is 2. The Labute approximate surface area is 129 Å². The highest BCUT2D eigenvalue weighted by Gasteiger charge is 2.53. The molecule has 1 aromatic rings. The van der Waals surface area contributed by atoms with Crippen molar-refractivity contribution in [3.8, 4) is 0 Å². The number of benzene rings is 1. The first-order valence-corrected chi connectivity index (χ1v) is 7.71. The molecule has 0 unspecified atom stereocenters. The Morgan fingerprint density at radius 3 is 2.73 bits per heavy atom. The summed E-state index contributed by atoms with van der Waals surface area (Å²) in [5, 5.41) is 0. The van der Waals surface area contributed by atoms with Crippen molar-refractivity contribution in [2.24, 2.45) is 5.41 Å². The van der Waals surface area contributed by atoms with Gasteiger partial charge in [0.25, 0.3) is 0 Å². The van der Waals surface area contributed by atoms with E-state index in [9.17, 15) is 9.59 Å². The average Bonchev–Trinajstić information content (AvgIpc) is 2.90. The molecular weight excluding hydrogens is 278 g/mol. The first-order valence-electron chi connectivity index (χ1n) is 7.71. The van der Waals surface area contributed by atoms with E-state index < -0.39 is 6.23 Å². The quantitative estimate of drug-likeness (QED) is 0.739. The third kappa shape index (κ3) is 1.70. The molecule has 2 heterocycles. The largest absolute Gasteiger partial charge is 0.473 e. The van der Waals surface area contributed by atoms with Crippen molar-refractivity contribution in [3.05, 3.63) is 41.2 Å². The summed E-state index contributed by atoms with van der Waals surface area (Å²) >= 11 is 0. The number of para-hydroxylation sites is 1. The molecule has 114 valence electrons. The van der Waals surface area contributed by atoms with Crippen LogP contribution in [0.3, 0.4) is 0 Å². The van der Waals surface area contributed by atoms with Crippen molar-refractivity contribution in [3.63, 3.8) is 0 Å². The minimum Gasteiger partial charge on any atom is -0.473 e. The van der Waals surface area contributed by atoms with Crippen molar-refractivity contribution < 1.29 is 14.3 Å². The predicted molar refractivity (Wildman–Crippen MR) is 82.3 cm³/mol. The second kappa shape index (κ2) is 4.22. The monoisotopic (exact) mass is 297 g/mol. The average molecular weight is 297 g/mol. The van der Waals surface area contributed by atoms with Crippen LogP contribution < -0.4 is 4.90 Å². The number of carbonyl (C=O) groups is 2. The lowest BCUT2D eigenvalue weighted by Gasteiger charge is -2.30. The van der Waals surface area contributed by atoms with Crippen LogP contribution in [-0.2, 0) is 14.3 Å². The lowest BCUT2D eigenvalue weighted by Crippen LogP contribution is -2.37. The fraction of sp³-hybridized carbons (Fsp3) is 0.444. The lowest BCUT2D eigenvalue weighted by atomic mass is 9.74. The van der Waals surface area contributed by atoms with Gasteiger partial charge < -0.3 is 4.74 Å². The molecule has 0 spiro atoms. The maximum absolute atomic E-state index is 12.7. The van der Waals surface area contributed by atoms with Gasteiger partial charge in [-0.2, -0.15) is 0 Å². The number of anilines is 1. The normalized spacial score (nSPS) is 28.1. The molecule has 4 nitrogen and oxygen atoms in total. The Morgan fingerprint density at radius 1 is 1.27 bits per heavy atom. The zero-order chi connectivity index (χ0) is 15.6. The summed E-state index contributed by atoms with van der Waals surface area (Å²) in [7, 11) is 0. The third-order valence-electron chi connectivity index (χ3n) is 4.86. The molecule has 0 N–H and O–H groups in total. The van der Waals surface area contributed by atoms with Gasteiger partial charge in [-0.1, -0.05) is 32.0 Å². The Bertz CT molecular complexity index is 732. The van der Waals surface area contributed by atoms with E-state index in [1.165, 1.54) is 0 Å². The van der Waals surface area contributed by atoms with E-state index in [4.69, 9.17) is 4.74 Å². The van der Waals surface area contributed by atoms with Crippen LogP contribution in [0, 0.1) is 5.41 Å². The molecular formula is C18H19NO3. The van der Waals surface area contributed by atoms with Gasteiger partial charge in [-0.05, 0) is 17.0 Å². The van der Waals surface area contributed by atoms with Crippen LogP contribution in [0.4, 0.5) is 5.69 Å². The van der Waals surface area contributed by atoms with Gasteiger partial charge in [0.05, 0.1) is 11.6 Å². The molecule has 0 saturated heterocycles. The number of amides is 1. The molecule has 2 atom stereocenters. The second-order valence-corrected chi connectivity index (χ2v) is 7.21. The van der Waals surface area contributed by atoms with E-state index in [0.29, 0.717) is 6.42 Å². The van der Waals surface area contributed by atoms with Crippen molar-refractivity contribution in [1.29, 1.82) is 0 Å². The molecule has 0 radical (unpaired) electrons. The molecule has 0 bridgehead atoms. The number of allylic oxidation sites excluding steroid dienone is 1. The summed E-state index contributed by atoms with van der Waals surface area (Å²) in [4.78, 5) is 26.5. The first kappa shape index (κ1) is 13.6. The van der Waals surface area contributed by atoms with Crippen molar-refractivity contribution in [1.82, 2.24) is 0 Å². The van der Waals surface area contributed by atoms with Gasteiger partial charge in [-0.3, -0.25) is 14.5 Å². The summed E-state index contributed by atoms with van der Waals surface area (Å²) in [5.74, 6) is 0.779. The summed E-state index contributed by atoms with van der Waals surface area (Å²) < 4.78 is 6.12. The molecule has 0 aromatic heterocycles. The van der Waals surface area contributed by atoms with Gasteiger partial charge in [0.15, 0.2) is 12.0 Å². The molecule has 1 amide bonds. The standard InChI is InChI=1S/C18H19NO3/c1-10(20)19-12-7-5-4-6-11(12)15-16-13(21)8-18(2,3)9-14(16)22-17(15)19/h4-7,15,17H,8-9H2,1-3H3/t15-,17+/m0/s1. The molecule has 0 fully saturated rings. The number of fused-ring (bicyclic) bond motifs is 4. The molecule has 22 heavy (non-hydrogen) atoms. The molecule has 2 aliphatic heterocycles. The lowest BCUT2D eigenvalue weighted by molar-refractivity contribution is -0.119. The number of ether oxygens (including phenoxy) is 1. The summed E-state index contributed by atoms with van der Waals surface area (Å²) in [6, 6.07) is 7.80. The van der Waals surface area contributed by atoms with Gasteiger partial charge in [0.2, 0.25) is 5.91 Å². The van der Waals surface area contributed by atoms with E-state index in [1.54, 1.807) is 11.8 Å². The minimum absolute atomic E-state index is 0.0495. The van der Waals surface area contributed by atoms with Crippen LogP contribution in [0.25, 0.3) is 0 Å². The fourth-order valence-corrected chi connectivity index (χ4v) is 4.05. The highest BCUT2D eigenvalue weighted by molar-refractivity contribution is 6.03. The van der Waals surface area contributed by atoms with E-state index in [2.05, 4.69) is 13.8 Å². The van der Waals surface area contributed by atoms with E-state index in [0.717, 1.165) is 29.0 Å². The molecule has 1 aromatic carbocycles. The molecule has 1 aliphatic carbocycles. The second-order valence-electron chi connectivity index (χ2n) is 7.21. The maximum atomic E-state index is 12.7. The van der Waals surface area contributed by atoms with E-state index in [1.807, 2.05) is 24.3 Å². The van der Waals surface area contributed by atoms with E-state index >= 15 is 0 Å². The number of Topliss-reactive ketones (excluding diaryl/α,β-unsaturated/α-hetero) is 1.